The molecule has 168 valence electrons. The van der Waals surface area contributed by atoms with Crippen molar-refractivity contribution >= 4 is 27.5 Å². The molecule has 5 nitrogen and oxygen atoms in total. The van der Waals surface area contributed by atoms with Gasteiger partial charge in [0.25, 0.3) is 5.91 Å². The molecule has 0 radical (unpaired) electrons. The number of carbonyl (C=O) groups is 1. The van der Waals surface area contributed by atoms with Crippen LogP contribution in [0.4, 0.5) is 5.69 Å². The smallest absolute Gasteiger partial charge is 0.255 e. The first kappa shape index (κ1) is 22.8. The zero-order valence-electron chi connectivity index (χ0n) is 18.9. The predicted octanol–water partition coefficient (Wildman–Crippen LogP) is 6.45. The van der Waals surface area contributed by atoms with Gasteiger partial charge in [0.15, 0.2) is 0 Å². The molecule has 3 aromatic carbocycles. The van der Waals surface area contributed by atoms with Crippen molar-refractivity contribution in [2.45, 2.75) is 33.9 Å². The number of rotatable bonds is 7. The van der Waals surface area contributed by atoms with Crippen LogP contribution in [0.1, 0.15) is 38.4 Å². The Morgan fingerprint density at radius 3 is 2.48 bits per heavy atom. The summed E-state index contributed by atoms with van der Waals surface area (Å²) in [5.41, 5.74) is 6.37. The third kappa shape index (κ3) is 5.71. The van der Waals surface area contributed by atoms with Crippen molar-refractivity contribution in [2.24, 2.45) is 0 Å². The van der Waals surface area contributed by atoms with Crippen LogP contribution in [0.5, 0.6) is 5.75 Å². The van der Waals surface area contributed by atoms with Gasteiger partial charge in [-0.25, -0.2) is 0 Å². The number of hydrogen-bond acceptors (Lipinski definition) is 3. The van der Waals surface area contributed by atoms with Crippen molar-refractivity contribution < 1.29 is 9.53 Å². The standard InChI is InChI=1S/C27H26BrN3O2/c1-18-10-12-21(13-11-18)16-31-20(3)26(19(2)30-31)29-27(32)23-7-4-6-22(14-23)17-33-25-9-5-8-24(28)15-25/h4-15H,16-17H2,1-3H3,(H,29,32). The summed E-state index contributed by atoms with van der Waals surface area (Å²) in [6.07, 6.45) is 0. The summed E-state index contributed by atoms with van der Waals surface area (Å²) >= 11 is 3.45. The number of benzene rings is 3. The zero-order chi connectivity index (χ0) is 23.4. The lowest BCUT2D eigenvalue weighted by molar-refractivity contribution is 0.102. The summed E-state index contributed by atoms with van der Waals surface area (Å²) in [5.74, 6) is 0.604. The second-order valence-electron chi connectivity index (χ2n) is 8.09. The van der Waals surface area contributed by atoms with Crippen molar-refractivity contribution in [3.8, 4) is 5.75 Å². The molecule has 0 unspecified atom stereocenters. The van der Waals surface area contributed by atoms with Gasteiger partial charge < -0.3 is 10.1 Å². The van der Waals surface area contributed by atoms with Gasteiger partial charge in [0.05, 0.1) is 23.6 Å². The Kier molecular flexibility index (Phi) is 6.94. The van der Waals surface area contributed by atoms with Crippen LogP contribution in [-0.2, 0) is 13.2 Å². The molecule has 0 aliphatic heterocycles. The van der Waals surface area contributed by atoms with Crippen LogP contribution in [0, 0.1) is 20.8 Å². The zero-order valence-corrected chi connectivity index (χ0v) is 20.5. The average Bonchev–Trinajstić information content (AvgIpc) is 3.06. The lowest BCUT2D eigenvalue weighted by atomic mass is 10.1. The van der Waals surface area contributed by atoms with Crippen LogP contribution < -0.4 is 10.1 Å². The van der Waals surface area contributed by atoms with Crippen LogP contribution in [0.3, 0.4) is 0 Å². The third-order valence-corrected chi connectivity index (χ3v) is 5.96. The van der Waals surface area contributed by atoms with E-state index in [0.29, 0.717) is 18.7 Å². The molecule has 4 aromatic rings. The number of halogens is 1. The summed E-state index contributed by atoms with van der Waals surface area (Å²) in [7, 11) is 0. The van der Waals surface area contributed by atoms with E-state index in [0.717, 1.165) is 32.9 Å². The van der Waals surface area contributed by atoms with E-state index in [1.54, 1.807) is 6.07 Å². The molecule has 1 heterocycles. The lowest BCUT2D eigenvalue weighted by Gasteiger charge is -2.10. The average molecular weight is 504 g/mol. The number of aryl methyl sites for hydroxylation is 2. The fourth-order valence-corrected chi connectivity index (χ4v) is 3.99. The van der Waals surface area contributed by atoms with Gasteiger partial charge in [-0.15, -0.1) is 0 Å². The Labute approximate surface area is 202 Å². The molecule has 0 fully saturated rings. The number of amides is 1. The highest BCUT2D eigenvalue weighted by atomic mass is 79.9. The summed E-state index contributed by atoms with van der Waals surface area (Å²) < 4.78 is 8.74. The number of anilines is 1. The second kappa shape index (κ2) is 10.0. The van der Waals surface area contributed by atoms with Gasteiger partial charge in [0, 0.05) is 10.0 Å². The van der Waals surface area contributed by atoms with Gasteiger partial charge in [0.1, 0.15) is 12.4 Å². The van der Waals surface area contributed by atoms with E-state index in [4.69, 9.17) is 4.74 Å². The summed E-state index contributed by atoms with van der Waals surface area (Å²) in [6.45, 7) is 7.00. The number of hydrogen-bond donors (Lipinski definition) is 1. The maximum atomic E-state index is 13.0. The fourth-order valence-electron chi connectivity index (χ4n) is 3.61. The van der Waals surface area contributed by atoms with Crippen molar-refractivity contribution in [3.63, 3.8) is 0 Å². The fraction of sp³-hybridized carbons (Fsp3) is 0.185. The number of carbonyl (C=O) groups excluding carboxylic acids is 1. The van der Waals surface area contributed by atoms with E-state index in [1.807, 2.05) is 61.0 Å². The molecule has 1 aromatic heterocycles. The number of aromatic nitrogens is 2. The van der Waals surface area contributed by atoms with Gasteiger partial charge in [-0.05, 0) is 62.2 Å². The Hall–Kier alpha value is -3.38. The molecule has 0 spiro atoms. The Balaban J connectivity index is 1.45. The molecule has 33 heavy (non-hydrogen) atoms. The SMILES string of the molecule is Cc1ccc(Cn2nc(C)c(NC(=O)c3cccc(COc4cccc(Br)c4)c3)c2C)cc1. The minimum Gasteiger partial charge on any atom is -0.489 e. The quantitative estimate of drug-likeness (QED) is 0.315. The van der Waals surface area contributed by atoms with E-state index in [-0.39, 0.29) is 5.91 Å². The second-order valence-corrected chi connectivity index (χ2v) is 9.01. The minimum absolute atomic E-state index is 0.166. The van der Waals surface area contributed by atoms with Gasteiger partial charge in [-0.1, -0.05) is 64.0 Å². The van der Waals surface area contributed by atoms with Crippen LogP contribution in [0.2, 0.25) is 0 Å². The molecule has 0 saturated heterocycles. The Bertz CT molecular complexity index is 1280. The van der Waals surface area contributed by atoms with Gasteiger partial charge in [0.2, 0.25) is 0 Å². The van der Waals surface area contributed by atoms with Crippen molar-refractivity contribution in [1.29, 1.82) is 0 Å². The molecule has 6 heteroatoms. The Morgan fingerprint density at radius 2 is 1.73 bits per heavy atom. The molecule has 1 N–H and O–H groups in total. The van der Waals surface area contributed by atoms with E-state index in [2.05, 4.69) is 57.5 Å². The van der Waals surface area contributed by atoms with E-state index < -0.39 is 0 Å². The summed E-state index contributed by atoms with van der Waals surface area (Å²) in [6, 6.07) is 23.6. The maximum Gasteiger partial charge on any atom is 0.255 e. The van der Waals surface area contributed by atoms with Crippen molar-refractivity contribution in [2.75, 3.05) is 5.32 Å². The lowest BCUT2D eigenvalue weighted by Crippen LogP contribution is -2.14. The van der Waals surface area contributed by atoms with E-state index in [9.17, 15) is 4.79 Å². The van der Waals surface area contributed by atoms with Crippen LogP contribution in [-0.4, -0.2) is 15.7 Å². The monoisotopic (exact) mass is 503 g/mol. The van der Waals surface area contributed by atoms with E-state index >= 15 is 0 Å². The molecule has 0 aliphatic rings. The highest BCUT2D eigenvalue weighted by molar-refractivity contribution is 9.10. The third-order valence-electron chi connectivity index (χ3n) is 5.46. The number of nitrogens with zero attached hydrogens (tertiary/aromatic N) is 2. The predicted molar refractivity (Wildman–Crippen MR) is 135 cm³/mol. The molecular formula is C27H26BrN3O2. The largest absolute Gasteiger partial charge is 0.489 e. The van der Waals surface area contributed by atoms with Crippen LogP contribution in [0.25, 0.3) is 0 Å². The van der Waals surface area contributed by atoms with Gasteiger partial charge in [-0.2, -0.15) is 5.10 Å². The highest BCUT2D eigenvalue weighted by Gasteiger charge is 2.16. The highest BCUT2D eigenvalue weighted by Crippen LogP contribution is 2.22. The maximum absolute atomic E-state index is 13.0. The molecule has 4 rings (SSSR count). The number of nitrogens with one attached hydrogen (secondary N) is 1. The Morgan fingerprint density at radius 1 is 0.970 bits per heavy atom. The van der Waals surface area contributed by atoms with Crippen LogP contribution >= 0.6 is 15.9 Å². The summed E-state index contributed by atoms with van der Waals surface area (Å²) in [5, 5.41) is 7.69. The molecule has 1 amide bonds. The van der Waals surface area contributed by atoms with Gasteiger partial charge >= 0.3 is 0 Å². The van der Waals surface area contributed by atoms with Crippen LogP contribution in [0.15, 0.2) is 77.3 Å². The normalized spacial score (nSPS) is 10.8. The molecule has 0 saturated carbocycles. The molecule has 0 aliphatic carbocycles. The molecule has 0 bridgehead atoms. The summed E-state index contributed by atoms with van der Waals surface area (Å²) in [4.78, 5) is 13.0. The topological polar surface area (TPSA) is 56.2 Å². The van der Waals surface area contributed by atoms with E-state index in [1.165, 1.54) is 11.1 Å². The first-order valence-electron chi connectivity index (χ1n) is 10.8. The molecular weight excluding hydrogens is 478 g/mol. The van der Waals surface area contributed by atoms with Crippen molar-refractivity contribution in [3.05, 3.63) is 111 Å². The number of ether oxygens (including phenoxy) is 1. The first-order chi connectivity index (χ1) is 15.9. The molecule has 0 atom stereocenters. The van der Waals surface area contributed by atoms with Crippen molar-refractivity contribution in [1.82, 2.24) is 9.78 Å². The minimum atomic E-state index is -0.166. The van der Waals surface area contributed by atoms with Gasteiger partial charge in [-0.3, -0.25) is 9.48 Å². The first-order valence-corrected chi connectivity index (χ1v) is 11.6.